The Morgan fingerprint density at radius 3 is 2.84 bits per heavy atom. The van der Waals surface area contributed by atoms with Gasteiger partial charge in [-0.05, 0) is 30.7 Å². The molecule has 0 saturated carbocycles. The number of halogens is 1. The van der Waals surface area contributed by atoms with Gasteiger partial charge in [0.2, 0.25) is 0 Å². The first kappa shape index (κ1) is 12.7. The van der Waals surface area contributed by atoms with Crippen molar-refractivity contribution in [2.24, 2.45) is 5.73 Å². The van der Waals surface area contributed by atoms with Crippen LogP contribution in [0, 0.1) is 6.92 Å². The third-order valence-corrected chi connectivity index (χ3v) is 4.02. The molecule has 2 N–H and O–H groups in total. The molecule has 0 bridgehead atoms. The Bertz CT molecular complexity index is 611. The van der Waals surface area contributed by atoms with Crippen LogP contribution in [0.5, 0.6) is 5.75 Å². The molecule has 98 valence electrons. The fraction of sp³-hybridized carbons (Fsp3) is 0.250. The number of nitrogens with two attached hydrogens (primary N) is 1. The van der Waals surface area contributed by atoms with Gasteiger partial charge in [-0.15, -0.1) is 0 Å². The molecular weight excluding hydrogens is 302 g/mol. The molecule has 2 aromatic carbocycles. The fourth-order valence-corrected chi connectivity index (χ4v) is 2.93. The zero-order valence-corrected chi connectivity index (χ0v) is 12.4. The maximum atomic E-state index is 6.28. The molecular formula is C16H16BrNO. The van der Waals surface area contributed by atoms with Crippen LogP contribution in [0.4, 0.5) is 0 Å². The minimum atomic E-state index is 0.0202. The lowest BCUT2D eigenvalue weighted by Gasteiger charge is -2.30. The monoisotopic (exact) mass is 317 g/mol. The summed E-state index contributed by atoms with van der Waals surface area (Å²) in [6.45, 7) is 2.09. The summed E-state index contributed by atoms with van der Waals surface area (Å²) in [5, 5.41) is 0. The van der Waals surface area contributed by atoms with Gasteiger partial charge >= 0.3 is 0 Å². The molecule has 0 radical (unpaired) electrons. The number of rotatable bonds is 1. The fourth-order valence-electron chi connectivity index (χ4n) is 2.55. The summed E-state index contributed by atoms with van der Waals surface area (Å²) >= 11 is 3.48. The predicted octanol–water partition coefficient (Wildman–Crippen LogP) is 4.28. The highest BCUT2D eigenvalue weighted by molar-refractivity contribution is 9.10. The first-order valence-corrected chi connectivity index (χ1v) is 7.21. The van der Waals surface area contributed by atoms with E-state index in [2.05, 4.69) is 47.1 Å². The van der Waals surface area contributed by atoms with E-state index in [1.54, 1.807) is 0 Å². The van der Waals surface area contributed by atoms with E-state index in [9.17, 15) is 0 Å². The smallest absolute Gasteiger partial charge is 0.126 e. The van der Waals surface area contributed by atoms with Crippen molar-refractivity contribution in [3.8, 4) is 5.75 Å². The van der Waals surface area contributed by atoms with Crippen molar-refractivity contribution >= 4 is 15.9 Å². The molecule has 0 spiro atoms. The summed E-state index contributed by atoms with van der Waals surface area (Å²) in [6.07, 6.45) is 0.857. The normalized spacial score (nSPS) is 21.6. The Morgan fingerprint density at radius 2 is 2.05 bits per heavy atom. The van der Waals surface area contributed by atoms with Crippen LogP contribution in [0.3, 0.4) is 0 Å². The Balaban J connectivity index is 1.95. The maximum Gasteiger partial charge on any atom is 0.126 e. The van der Waals surface area contributed by atoms with Gasteiger partial charge in [-0.1, -0.05) is 45.8 Å². The van der Waals surface area contributed by atoms with Crippen LogP contribution in [0.25, 0.3) is 0 Å². The molecule has 0 saturated heterocycles. The van der Waals surface area contributed by atoms with Crippen LogP contribution in [0.15, 0.2) is 46.9 Å². The number of aryl methyl sites for hydroxylation is 1. The summed E-state index contributed by atoms with van der Waals surface area (Å²) in [5.41, 5.74) is 9.81. The summed E-state index contributed by atoms with van der Waals surface area (Å²) in [5.74, 6) is 0.897. The van der Waals surface area contributed by atoms with Gasteiger partial charge in [-0.3, -0.25) is 0 Å². The first-order chi connectivity index (χ1) is 9.13. The van der Waals surface area contributed by atoms with Crippen molar-refractivity contribution in [1.29, 1.82) is 0 Å². The van der Waals surface area contributed by atoms with E-state index in [-0.39, 0.29) is 12.1 Å². The summed E-state index contributed by atoms with van der Waals surface area (Å²) in [6, 6.07) is 14.5. The molecule has 1 aliphatic heterocycles. The third-order valence-electron chi connectivity index (χ3n) is 3.52. The number of benzene rings is 2. The van der Waals surface area contributed by atoms with Crippen LogP contribution < -0.4 is 10.5 Å². The highest BCUT2D eigenvalue weighted by Gasteiger charge is 2.27. The van der Waals surface area contributed by atoms with Crippen LogP contribution >= 0.6 is 15.9 Å². The van der Waals surface area contributed by atoms with Crippen molar-refractivity contribution in [2.45, 2.75) is 25.5 Å². The van der Waals surface area contributed by atoms with Gasteiger partial charge in [0, 0.05) is 22.5 Å². The highest BCUT2D eigenvalue weighted by atomic mass is 79.9. The Morgan fingerprint density at radius 1 is 1.21 bits per heavy atom. The molecule has 3 heteroatoms. The predicted molar refractivity (Wildman–Crippen MR) is 80.2 cm³/mol. The Hall–Kier alpha value is -1.32. The zero-order chi connectivity index (χ0) is 13.4. The molecule has 0 amide bonds. The van der Waals surface area contributed by atoms with Gasteiger partial charge in [-0.25, -0.2) is 0 Å². The average molecular weight is 318 g/mol. The molecule has 2 aromatic rings. The van der Waals surface area contributed by atoms with Gasteiger partial charge in [0.15, 0.2) is 0 Å². The molecule has 0 aliphatic carbocycles. The van der Waals surface area contributed by atoms with E-state index in [1.807, 2.05) is 18.2 Å². The van der Waals surface area contributed by atoms with E-state index in [0.29, 0.717) is 0 Å². The Kier molecular flexibility index (Phi) is 3.33. The zero-order valence-electron chi connectivity index (χ0n) is 10.8. The standard InChI is InChI=1S/C16H16BrNO/c1-10-3-2-4-11(7-10)16-9-14(18)13-8-12(17)5-6-15(13)19-16/h2-8,14,16H,9,18H2,1H3. The molecule has 0 fully saturated rings. The second-order valence-corrected chi connectivity index (χ2v) is 5.96. The van der Waals surface area contributed by atoms with E-state index in [0.717, 1.165) is 22.2 Å². The van der Waals surface area contributed by atoms with Crippen LogP contribution in [-0.4, -0.2) is 0 Å². The largest absolute Gasteiger partial charge is 0.485 e. The van der Waals surface area contributed by atoms with E-state index in [4.69, 9.17) is 10.5 Å². The van der Waals surface area contributed by atoms with Crippen molar-refractivity contribution < 1.29 is 4.74 Å². The number of fused-ring (bicyclic) bond motifs is 1. The molecule has 1 aliphatic rings. The van der Waals surface area contributed by atoms with Crippen molar-refractivity contribution in [3.63, 3.8) is 0 Å². The van der Waals surface area contributed by atoms with Crippen LogP contribution in [0.2, 0.25) is 0 Å². The molecule has 3 rings (SSSR count). The molecule has 19 heavy (non-hydrogen) atoms. The van der Waals surface area contributed by atoms with Gasteiger partial charge in [0.05, 0.1) is 0 Å². The van der Waals surface area contributed by atoms with Crippen LogP contribution in [0.1, 0.15) is 35.3 Å². The molecule has 1 heterocycles. The lowest BCUT2D eigenvalue weighted by Crippen LogP contribution is -2.24. The molecule has 2 nitrogen and oxygen atoms in total. The second kappa shape index (κ2) is 4.99. The van der Waals surface area contributed by atoms with E-state index in [1.165, 1.54) is 11.1 Å². The maximum absolute atomic E-state index is 6.28. The minimum Gasteiger partial charge on any atom is -0.485 e. The van der Waals surface area contributed by atoms with E-state index < -0.39 is 0 Å². The van der Waals surface area contributed by atoms with Gasteiger partial charge < -0.3 is 10.5 Å². The topological polar surface area (TPSA) is 35.2 Å². The van der Waals surface area contributed by atoms with Gasteiger partial charge in [-0.2, -0.15) is 0 Å². The lowest BCUT2D eigenvalue weighted by molar-refractivity contribution is 0.161. The Labute approximate surface area is 121 Å². The number of hydrogen-bond acceptors (Lipinski definition) is 2. The van der Waals surface area contributed by atoms with Gasteiger partial charge in [0.1, 0.15) is 11.9 Å². The summed E-state index contributed by atoms with van der Waals surface area (Å²) in [4.78, 5) is 0. The average Bonchev–Trinajstić information content (AvgIpc) is 2.39. The van der Waals surface area contributed by atoms with Crippen LogP contribution in [-0.2, 0) is 0 Å². The van der Waals surface area contributed by atoms with Crippen molar-refractivity contribution in [2.75, 3.05) is 0 Å². The van der Waals surface area contributed by atoms with E-state index >= 15 is 0 Å². The van der Waals surface area contributed by atoms with Crippen molar-refractivity contribution in [3.05, 3.63) is 63.6 Å². The first-order valence-electron chi connectivity index (χ1n) is 6.42. The lowest BCUT2D eigenvalue weighted by atomic mass is 9.93. The summed E-state index contributed by atoms with van der Waals surface area (Å²) < 4.78 is 7.14. The van der Waals surface area contributed by atoms with Gasteiger partial charge in [0.25, 0.3) is 0 Å². The minimum absolute atomic E-state index is 0.0202. The van der Waals surface area contributed by atoms with Crippen molar-refractivity contribution in [1.82, 2.24) is 0 Å². The SMILES string of the molecule is Cc1cccc(C2CC(N)c3cc(Br)ccc3O2)c1. The summed E-state index contributed by atoms with van der Waals surface area (Å²) in [7, 11) is 0. The highest BCUT2D eigenvalue weighted by Crippen LogP contribution is 2.40. The quantitative estimate of drug-likeness (QED) is 0.852. The molecule has 0 aromatic heterocycles. The molecule has 2 atom stereocenters. The molecule has 2 unspecified atom stereocenters. The second-order valence-electron chi connectivity index (χ2n) is 5.04. The number of hydrogen-bond donors (Lipinski definition) is 1. The number of ether oxygens (including phenoxy) is 1. The third kappa shape index (κ3) is 2.53.